The number of benzene rings is 2. The third kappa shape index (κ3) is 4.09. The molecule has 9 heteroatoms. The number of aromatic amines is 1. The predicted molar refractivity (Wildman–Crippen MR) is 125 cm³/mol. The van der Waals surface area contributed by atoms with E-state index in [0.717, 1.165) is 21.5 Å². The summed E-state index contributed by atoms with van der Waals surface area (Å²) in [5, 5.41) is 11.8. The average molecular weight is 503 g/mol. The Balaban J connectivity index is 1.88. The molecule has 170 valence electrons. The van der Waals surface area contributed by atoms with Gasteiger partial charge in [-0.1, -0.05) is 15.9 Å². The average Bonchev–Trinajstić information content (AvgIpc) is 3.29. The van der Waals surface area contributed by atoms with Gasteiger partial charge in [-0.3, -0.25) is 0 Å². The number of aromatic nitrogens is 2. The summed E-state index contributed by atoms with van der Waals surface area (Å²) in [6.45, 7) is 2.21. The molecule has 0 unspecified atom stereocenters. The Bertz CT molecular complexity index is 1040. The first-order chi connectivity index (χ1) is 15.4. The van der Waals surface area contributed by atoms with Crippen LogP contribution in [0.3, 0.4) is 0 Å². The number of methoxy groups -OCH3 is 2. The van der Waals surface area contributed by atoms with Gasteiger partial charge in [-0.05, 0) is 49.4 Å². The molecule has 0 radical (unpaired) electrons. The van der Waals surface area contributed by atoms with Gasteiger partial charge in [0, 0.05) is 48.0 Å². The molecule has 1 aliphatic heterocycles. The second kappa shape index (κ2) is 9.11. The molecule has 0 fully saturated rings. The van der Waals surface area contributed by atoms with Gasteiger partial charge in [0.15, 0.2) is 11.9 Å². The lowest BCUT2D eigenvalue weighted by atomic mass is 9.83. The predicted octanol–water partition coefficient (Wildman–Crippen LogP) is 3.63. The molecule has 2 heterocycles. The molecule has 3 atom stereocenters. The number of imidazole rings is 1. The van der Waals surface area contributed by atoms with E-state index in [9.17, 15) is 5.11 Å². The smallest absolute Gasteiger partial charge is 0.199 e. The lowest BCUT2D eigenvalue weighted by Crippen LogP contribution is -2.62. The van der Waals surface area contributed by atoms with Crippen molar-refractivity contribution in [2.24, 2.45) is 0 Å². The maximum Gasteiger partial charge on any atom is 0.199 e. The topological polar surface area (TPSA) is 106 Å². The number of halogens is 1. The maximum absolute atomic E-state index is 11.8. The van der Waals surface area contributed by atoms with Crippen molar-refractivity contribution in [3.05, 3.63) is 70.7 Å². The number of nitrogens with two attached hydrogens (primary N) is 1. The summed E-state index contributed by atoms with van der Waals surface area (Å²) in [5.41, 5.74) is 7.20. The van der Waals surface area contributed by atoms with E-state index in [1.807, 2.05) is 36.4 Å². The Labute approximate surface area is 195 Å². The summed E-state index contributed by atoms with van der Waals surface area (Å²) in [6.07, 6.45) is 1.65. The minimum absolute atomic E-state index is 0.422. The van der Waals surface area contributed by atoms with E-state index in [4.69, 9.17) is 19.9 Å². The number of aliphatic hydroxyl groups is 1. The van der Waals surface area contributed by atoms with Crippen LogP contribution in [0.25, 0.3) is 0 Å². The van der Waals surface area contributed by atoms with E-state index in [1.54, 1.807) is 25.4 Å². The molecular weight excluding hydrogens is 476 g/mol. The second-order valence-corrected chi connectivity index (χ2v) is 8.83. The Kier molecular flexibility index (Phi) is 6.43. The zero-order valence-corrected chi connectivity index (χ0v) is 19.7. The van der Waals surface area contributed by atoms with Gasteiger partial charge < -0.3 is 34.9 Å². The number of rotatable bonds is 7. The van der Waals surface area contributed by atoms with Gasteiger partial charge >= 0.3 is 0 Å². The van der Waals surface area contributed by atoms with E-state index in [0.29, 0.717) is 18.0 Å². The quantitative estimate of drug-likeness (QED) is 0.334. The highest BCUT2D eigenvalue weighted by atomic mass is 79.9. The van der Waals surface area contributed by atoms with Crippen LogP contribution in [0.2, 0.25) is 0 Å². The van der Waals surface area contributed by atoms with Crippen molar-refractivity contribution in [3.63, 3.8) is 0 Å². The van der Waals surface area contributed by atoms with Crippen molar-refractivity contribution in [2.75, 3.05) is 24.9 Å². The van der Waals surface area contributed by atoms with Gasteiger partial charge in [0.05, 0.1) is 12.6 Å². The molecule has 0 aliphatic carbocycles. The fourth-order valence-corrected chi connectivity index (χ4v) is 4.55. The number of hydrogen-bond donors (Lipinski definition) is 3. The van der Waals surface area contributed by atoms with Gasteiger partial charge in [-0.2, -0.15) is 0 Å². The Morgan fingerprint density at radius 3 is 2.59 bits per heavy atom. The third-order valence-corrected chi connectivity index (χ3v) is 6.36. The zero-order chi connectivity index (χ0) is 22.9. The first-order valence-electron chi connectivity index (χ1n) is 10.2. The first-order valence-corrected chi connectivity index (χ1v) is 11.0. The summed E-state index contributed by atoms with van der Waals surface area (Å²) in [7, 11) is 3.05. The van der Waals surface area contributed by atoms with Crippen molar-refractivity contribution in [3.8, 4) is 5.75 Å². The zero-order valence-electron chi connectivity index (χ0n) is 18.2. The normalized spacial score (nSPS) is 22.4. The van der Waals surface area contributed by atoms with Crippen LogP contribution in [0, 0.1) is 0 Å². The van der Waals surface area contributed by atoms with E-state index < -0.39 is 24.0 Å². The highest BCUT2D eigenvalue weighted by Gasteiger charge is 2.53. The molecule has 1 aliphatic rings. The number of aliphatic hydroxyl groups excluding tert-OH is 1. The number of anilines is 2. The van der Waals surface area contributed by atoms with Crippen molar-refractivity contribution in [1.82, 2.24) is 9.97 Å². The summed E-state index contributed by atoms with van der Waals surface area (Å²) in [4.78, 5) is 9.64. The highest BCUT2D eigenvalue weighted by molar-refractivity contribution is 9.10. The maximum atomic E-state index is 11.8. The van der Waals surface area contributed by atoms with Crippen molar-refractivity contribution in [2.45, 2.75) is 37.5 Å². The Morgan fingerprint density at radius 1 is 1.25 bits per heavy atom. The molecule has 4 rings (SSSR count). The van der Waals surface area contributed by atoms with Gasteiger partial charge in [0.1, 0.15) is 17.7 Å². The van der Waals surface area contributed by atoms with Crippen molar-refractivity contribution < 1.29 is 19.3 Å². The molecule has 0 amide bonds. The summed E-state index contributed by atoms with van der Waals surface area (Å²) < 4.78 is 18.3. The first kappa shape index (κ1) is 22.6. The monoisotopic (exact) mass is 502 g/mol. The lowest BCUT2D eigenvalue weighted by Gasteiger charge is -2.50. The van der Waals surface area contributed by atoms with E-state index in [1.165, 1.54) is 14.2 Å². The van der Waals surface area contributed by atoms with Crippen LogP contribution in [-0.4, -0.2) is 47.3 Å². The number of nitrogens with one attached hydrogen (secondary N) is 1. The van der Waals surface area contributed by atoms with Gasteiger partial charge in [-0.25, -0.2) is 4.98 Å². The number of nitrogens with zero attached hydrogens (tertiary/aromatic N) is 2. The molecule has 0 saturated carbocycles. The second-order valence-electron chi connectivity index (χ2n) is 7.92. The number of H-pyrrole nitrogens is 1. The van der Waals surface area contributed by atoms with Gasteiger partial charge in [0.25, 0.3) is 0 Å². The SMILES string of the molecule is COC(OC)[C@]1(C)Oc2ccc(N)cc2[C@H](N(Cc2ncc[nH]2)c2ccc(Br)cc2)[C@H]1O. The molecular formula is C23H27BrN4O4. The standard InChI is InChI=1S/C23H27BrN4O4/c1-23(22(30-2)31-3)21(29)20(17-12-15(25)6-9-18(17)32-23)28(13-19-26-10-11-27-19)16-7-4-14(24)5-8-16/h4-12,20-22,29H,13,25H2,1-3H3,(H,26,27)/t20-,21+,23+/m0/s1. The summed E-state index contributed by atoms with van der Waals surface area (Å²) >= 11 is 3.50. The van der Waals surface area contributed by atoms with Crippen LogP contribution in [0.4, 0.5) is 11.4 Å². The molecule has 1 aromatic heterocycles. The number of hydrogen-bond acceptors (Lipinski definition) is 7. The van der Waals surface area contributed by atoms with Gasteiger partial charge in [-0.15, -0.1) is 0 Å². The number of ether oxygens (including phenoxy) is 3. The van der Waals surface area contributed by atoms with Crippen LogP contribution >= 0.6 is 15.9 Å². The number of nitrogen functional groups attached to an aromatic ring is 1. The highest BCUT2D eigenvalue weighted by Crippen LogP contribution is 2.47. The van der Waals surface area contributed by atoms with Crippen LogP contribution < -0.4 is 15.4 Å². The summed E-state index contributed by atoms with van der Waals surface area (Å²) in [5.74, 6) is 1.37. The molecule has 2 aromatic carbocycles. The van der Waals surface area contributed by atoms with Crippen LogP contribution in [0.5, 0.6) is 5.75 Å². The lowest BCUT2D eigenvalue weighted by molar-refractivity contribution is -0.237. The molecule has 32 heavy (non-hydrogen) atoms. The van der Waals surface area contributed by atoms with Crippen LogP contribution in [0.1, 0.15) is 24.4 Å². The van der Waals surface area contributed by atoms with E-state index in [-0.39, 0.29) is 0 Å². The molecule has 0 spiro atoms. The minimum atomic E-state index is -1.19. The largest absolute Gasteiger partial charge is 0.479 e. The Hall–Kier alpha value is -2.59. The molecule has 4 N–H and O–H groups in total. The summed E-state index contributed by atoms with van der Waals surface area (Å²) in [6, 6.07) is 12.8. The third-order valence-electron chi connectivity index (χ3n) is 5.83. The molecule has 0 saturated heterocycles. The Morgan fingerprint density at radius 2 is 1.97 bits per heavy atom. The van der Waals surface area contributed by atoms with E-state index in [2.05, 4.69) is 30.8 Å². The van der Waals surface area contributed by atoms with Gasteiger partial charge in [0.2, 0.25) is 0 Å². The fraction of sp³-hybridized carbons (Fsp3) is 0.348. The number of fused-ring (bicyclic) bond motifs is 1. The molecule has 8 nitrogen and oxygen atoms in total. The molecule has 0 bridgehead atoms. The van der Waals surface area contributed by atoms with Crippen LogP contribution in [-0.2, 0) is 16.0 Å². The minimum Gasteiger partial charge on any atom is -0.479 e. The fourth-order valence-electron chi connectivity index (χ4n) is 4.29. The molecule has 3 aromatic rings. The van der Waals surface area contributed by atoms with Crippen molar-refractivity contribution in [1.29, 1.82) is 0 Å². The van der Waals surface area contributed by atoms with Crippen LogP contribution in [0.15, 0.2) is 59.3 Å². The van der Waals surface area contributed by atoms with Crippen molar-refractivity contribution >= 4 is 27.3 Å². The van der Waals surface area contributed by atoms with E-state index >= 15 is 0 Å².